The molecule has 3 nitrogen and oxygen atoms in total. The van der Waals surface area contributed by atoms with Crippen molar-refractivity contribution in [2.45, 2.75) is 19.4 Å². The number of phenols is 1. The molecule has 3 heteroatoms. The van der Waals surface area contributed by atoms with Crippen molar-refractivity contribution < 1.29 is 14.6 Å². The zero-order valence-electron chi connectivity index (χ0n) is 9.86. The number of phenolic OH excluding ortho intramolecular Hbond substituents is 1. The van der Waals surface area contributed by atoms with Crippen LogP contribution in [0.3, 0.4) is 0 Å². The molecule has 0 fully saturated rings. The van der Waals surface area contributed by atoms with Crippen molar-refractivity contribution >= 4 is 10.8 Å². The van der Waals surface area contributed by atoms with E-state index in [4.69, 9.17) is 9.47 Å². The molecule has 1 aliphatic rings. The predicted molar refractivity (Wildman–Crippen MR) is 66.0 cm³/mol. The molecule has 3 rings (SSSR count). The van der Waals surface area contributed by atoms with Gasteiger partial charge in [-0.2, -0.15) is 0 Å². The number of rotatable bonds is 1. The monoisotopic (exact) mass is 230 g/mol. The van der Waals surface area contributed by atoms with Crippen LogP contribution >= 0.6 is 0 Å². The number of fused-ring (bicyclic) bond motifs is 2. The Morgan fingerprint density at radius 2 is 2.00 bits per heavy atom. The molecule has 0 spiro atoms. The van der Waals surface area contributed by atoms with Crippen LogP contribution in [0, 0.1) is 0 Å². The van der Waals surface area contributed by atoms with Crippen LogP contribution in [-0.4, -0.2) is 18.3 Å². The number of hydrogen-bond acceptors (Lipinski definition) is 3. The van der Waals surface area contributed by atoms with Crippen molar-refractivity contribution in [2.75, 3.05) is 7.11 Å². The minimum Gasteiger partial charge on any atom is -0.507 e. The lowest BCUT2D eigenvalue weighted by Gasteiger charge is -2.12. The van der Waals surface area contributed by atoms with Gasteiger partial charge in [-0.15, -0.1) is 0 Å². The Balaban J connectivity index is 2.42. The fraction of sp³-hybridized carbons (Fsp3) is 0.286. The zero-order chi connectivity index (χ0) is 12.0. The van der Waals surface area contributed by atoms with E-state index in [1.165, 1.54) is 0 Å². The third-order valence-electron chi connectivity index (χ3n) is 3.21. The molecule has 0 saturated heterocycles. The van der Waals surface area contributed by atoms with Crippen LogP contribution in [0.5, 0.6) is 17.2 Å². The van der Waals surface area contributed by atoms with Crippen molar-refractivity contribution in [1.29, 1.82) is 0 Å². The second-order valence-electron chi connectivity index (χ2n) is 4.37. The van der Waals surface area contributed by atoms with Gasteiger partial charge in [0.05, 0.1) is 7.11 Å². The second-order valence-corrected chi connectivity index (χ2v) is 4.37. The number of methoxy groups -OCH3 is 1. The molecule has 1 N–H and O–H groups in total. The van der Waals surface area contributed by atoms with Gasteiger partial charge in [-0.1, -0.05) is 24.3 Å². The summed E-state index contributed by atoms with van der Waals surface area (Å²) in [4.78, 5) is 0. The van der Waals surface area contributed by atoms with Gasteiger partial charge in [-0.3, -0.25) is 0 Å². The summed E-state index contributed by atoms with van der Waals surface area (Å²) in [5.74, 6) is 1.73. The van der Waals surface area contributed by atoms with E-state index in [1.807, 2.05) is 31.2 Å². The normalized spacial score (nSPS) is 17.9. The van der Waals surface area contributed by atoms with Crippen LogP contribution in [0.4, 0.5) is 0 Å². The predicted octanol–water partition coefficient (Wildman–Crippen LogP) is 2.88. The van der Waals surface area contributed by atoms with Crippen LogP contribution in [0.2, 0.25) is 0 Å². The maximum absolute atomic E-state index is 10.3. The Morgan fingerprint density at radius 3 is 2.71 bits per heavy atom. The van der Waals surface area contributed by atoms with Crippen LogP contribution in [0.25, 0.3) is 10.8 Å². The van der Waals surface area contributed by atoms with E-state index in [0.29, 0.717) is 11.5 Å². The molecule has 0 amide bonds. The summed E-state index contributed by atoms with van der Waals surface area (Å²) in [5, 5.41) is 12.0. The first-order valence-electron chi connectivity index (χ1n) is 5.69. The average Bonchev–Trinajstić information content (AvgIpc) is 2.72. The van der Waals surface area contributed by atoms with Crippen LogP contribution < -0.4 is 9.47 Å². The van der Waals surface area contributed by atoms with Gasteiger partial charge < -0.3 is 14.6 Å². The lowest BCUT2D eigenvalue weighted by atomic mass is 10.0. The third kappa shape index (κ3) is 1.35. The van der Waals surface area contributed by atoms with E-state index in [9.17, 15) is 5.11 Å². The highest BCUT2D eigenvalue weighted by Crippen LogP contribution is 2.48. The number of ether oxygens (including phenoxy) is 2. The molecule has 1 unspecified atom stereocenters. The van der Waals surface area contributed by atoms with Crippen LogP contribution in [0.15, 0.2) is 24.3 Å². The summed E-state index contributed by atoms with van der Waals surface area (Å²) in [6.07, 6.45) is 0.809. The molecule has 88 valence electrons. The highest BCUT2D eigenvalue weighted by Gasteiger charge is 2.28. The Bertz CT molecular complexity index is 590. The smallest absolute Gasteiger partial charge is 0.169 e. The van der Waals surface area contributed by atoms with Gasteiger partial charge in [0.1, 0.15) is 11.9 Å². The van der Waals surface area contributed by atoms with Crippen molar-refractivity contribution in [3.8, 4) is 17.2 Å². The summed E-state index contributed by atoms with van der Waals surface area (Å²) in [6, 6.07) is 7.67. The number of benzene rings is 2. The molecule has 0 saturated carbocycles. The fourth-order valence-corrected chi connectivity index (χ4v) is 2.46. The van der Waals surface area contributed by atoms with E-state index >= 15 is 0 Å². The quantitative estimate of drug-likeness (QED) is 0.818. The molecule has 2 aromatic rings. The lowest BCUT2D eigenvalue weighted by molar-refractivity contribution is 0.244. The maximum Gasteiger partial charge on any atom is 0.169 e. The first-order valence-corrected chi connectivity index (χ1v) is 5.69. The molecule has 0 bridgehead atoms. The van der Waals surface area contributed by atoms with E-state index in [0.717, 1.165) is 28.5 Å². The van der Waals surface area contributed by atoms with E-state index < -0.39 is 0 Å². The zero-order valence-corrected chi connectivity index (χ0v) is 9.86. The Morgan fingerprint density at radius 1 is 1.29 bits per heavy atom. The summed E-state index contributed by atoms with van der Waals surface area (Å²) < 4.78 is 11.2. The molecule has 0 aromatic heterocycles. The molecular weight excluding hydrogens is 216 g/mol. The van der Waals surface area contributed by atoms with E-state index in [2.05, 4.69) is 0 Å². The first-order chi connectivity index (χ1) is 8.22. The maximum atomic E-state index is 10.3. The number of aromatic hydroxyl groups is 1. The second kappa shape index (κ2) is 3.55. The largest absolute Gasteiger partial charge is 0.507 e. The van der Waals surface area contributed by atoms with Crippen molar-refractivity contribution in [3.63, 3.8) is 0 Å². The Labute approximate surface area is 99.6 Å². The van der Waals surface area contributed by atoms with Gasteiger partial charge in [0, 0.05) is 22.8 Å². The summed E-state index contributed by atoms with van der Waals surface area (Å²) in [7, 11) is 1.63. The van der Waals surface area contributed by atoms with Crippen molar-refractivity contribution in [3.05, 3.63) is 29.8 Å². The summed E-state index contributed by atoms with van der Waals surface area (Å²) >= 11 is 0. The van der Waals surface area contributed by atoms with Gasteiger partial charge >= 0.3 is 0 Å². The summed E-state index contributed by atoms with van der Waals surface area (Å²) in [5.41, 5.74) is 0.855. The van der Waals surface area contributed by atoms with Gasteiger partial charge in [0.15, 0.2) is 11.5 Å². The minimum atomic E-state index is 0.0848. The summed E-state index contributed by atoms with van der Waals surface area (Å²) in [6.45, 7) is 1.99. The molecular formula is C14H14O3. The highest BCUT2D eigenvalue weighted by atomic mass is 16.5. The molecule has 0 aliphatic carbocycles. The Kier molecular flexibility index (Phi) is 2.15. The molecule has 1 aliphatic heterocycles. The molecule has 0 radical (unpaired) electrons. The number of hydrogen-bond donors (Lipinski definition) is 1. The van der Waals surface area contributed by atoms with Crippen molar-refractivity contribution in [1.82, 2.24) is 0 Å². The highest BCUT2D eigenvalue weighted by molar-refractivity contribution is 5.97. The third-order valence-corrected chi connectivity index (χ3v) is 3.21. The molecule has 1 heterocycles. The van der Waals surface area contributed by atoms with Crippen LogP contribution in [-0.2, 0) is 6.42 Å². The standard InChI is InChI=1S/C14H14O3/c1-8-7-11-12(15)9-5-3-4-6-10(9)13(16-2)14(11)17-8/h3-6,8,15H,7H2,1-2H3. The SMILES string of the molecule is COc1c2c(c(O)c3ccccc13)CC(C)O2. The lowest BCUT2D eigenvalue weighted by Crippen LogP contribution is -2.05. The molecule has 17 heavy (non-hydrogen) atoms. The average molecular weight is 230 g/mol. The molecule has 2 aromatic carbocycles. The first kappa shape index (κ1) is 10.3. The topological polar surface area (TPSA) is 38.7 Å². The minimum absolute atomic E-state index is 0.0848. The fourth-order valence-electron chi connectivity index (χ4n) is 2.46. The van der Waals surface area contributed by atoms with Gasteiger partial charge in [0.25, 0.3) is 0 Å². The molecule has 1 atom stereocenters. The van der Waals surface area contributed by atoms with Gasteiger partial charge in [0.2, 0.25) is 0 Å². The van der Waals surface area contributed by atoms with Gasteiger partial charge in [-0.05, 0) is 6.92 Å². The van der Waals surface area contributed by atoms with Crippen molar-refractivity contribution in [2.24, 2.45) is 0 Å². The van der Waals surface area contributed by atoms with Gasteiger partial charge in [-0.25, -0.2) is 0 Å². The van der Waals surface area contributed by atoms with E-state index in [1.54, 1.807) is 7.11 Å². The van der Waals surface area contributed by atoms with E-state index in [-0.39, 0.29) is 6.10 Å². The Hall–Kier alpha value is -1.90. The van der Waals surface area contributed by atoms with Crippen LogP contribution in [0.1, 0.15) is 12.5 Å².